The molecule has 0 radical (unpaired) electrons. The normalized spacial score (nSPS) is 14.2. The summed E-state index contributed by atoms with van der Waals surface area (Å²) in [5, 5.41) is 0.146. The van der Waals surface area contributed by atoms with Crippen molar-refractivity contribution >= 4 is 23.2 Å². The molecular weight excluding hydrogens is 603 g/mol. The third-order valence-corrected chi connectivity index (χ3v) is 12.4. The smallest absolute Gasteiger partial charge is 0.0886 e. The van der Waals surface area contributed by atoms with Gasteiger partial charge in [0.25, 0.3) is 0 Å². The molecule has 2 heterocycles. The van der Waals surface area contributed by atoms with Gasteiger partial charge in [-0.2, -0.15) is 0 Å². The third kappa shape index (κ3) is 9.96. The van der Waals surface area contributed by atoms with Crippen LogP contribution in [0.25, 0.3) is 11.4 Å². The molecule has 2 nitrogen and oxygen atoms in total. The van der Waals surface area contributed by atoms with Gasteiger partial charge in [0.15, 0.2) is 0 Å². The van der Waals surface area contributed by atoms with Crippen molar-refractivity contribution in [1.29, 1.82) is 0 Å². The molecule has 2 rings (SSSR count). The second-order valence-electron chi connectivity index (χ2n) is 15.4. The van der Waals surface area contributed by atoms with E-state index in [0.717, 1.165) is 24.2 Å². The molecule has 2 aromatic rings. The maximum absolute atomic E-state index is 7.37. The van der Waals surface area contributed by atoms with E-state index in [1.165, 1.54) is 88.2 Å². The van der Waals surface area contributed by atoms with Crippen LogP contribution in [-0.2, 0) is 10.8 Å². The van der Waals surface area contributed by atoms with Gasteiger partial charge in [-0.15, -0.1) is 23.2 Å². The number of halogens is 2. The first kappa shape index (κ1) is 41.1. The van der Waals surface area contributed by atoms with Crippen LogP contribution in [0.15, 0.2) is 36.7 Å². The molecule has 0 aliphatic rings. The zero-order chi connectivity index (χ0) is 34.3. The molecule has 2 aromatic heterocycles. The summed E-state index contributed by atoms with van der Waals surface area (Å²) < 4.78 is 0. The third-order valence-electron chi connectivity index (χ3n) is 11.3. The zero-order valence-corrected chi connectivity index (χ0v) is 33.0. The van der Waals surface area contributed by atoms with Crippen molar-refractivity contribution in [2.75, 3.05) is 0 Å². The number of hydrogen-bond acceptors (Lipinski definition) is 2. The predicted molar refractivity (Wildman–Crippen MR) is 205 cm³/mol. The molecule has 0 aliphatic heterocycles. The van der Waals surface area contributed by atoms with E-state index >= 15 is 0 Å². The Bertz CT molecular complexity index is 970. The van der Waals surface area contributed by atoms with Crippen LogP contribution in [0.4, 0.5) is 0 Å². The lowest BCUT2D eigenvalue weighted by molar-refractivity contribution is 0.199. The second-order valence-corrected chi connectivity index (χ2v) is 16.5. The SMILES string of the molecule is CCCCCCCCC(Cl)C(c1ccc(-c2ccc(C(C(C)C)(C(C)C)C(Cl)CCCCCCCC)cn2)nc1)(C(C)C)C(C)C. The molecule has 0 saturated heterocycles. The monoisotopic (exact) mass is 672 g/mol. The first-order valence-electron chi connectivity index (χ1n) is 19.1. The van der Waals surface area contributed by atoms with E-state index < -0.39 is 0 Å². The molecular formula is C42H70Cl2N2. The molecule has 0 N–H and O–H groups in total. The second kappa shape index (κ2) is 20.4. The van der Waals surface area contributed by atoms with E-state index in [9.17, 15) is 0 Å². The summed E-state index contributed by atoms with van der Waals surface area (Å²) >= 11 is 14.7. The van der Waals surface area contributed by atoms with E-state index in [4.69, 9.17) is 33.2 Å². The number of hydrogen-bond donors (Lipinski definition) is 0. The summed E-state index contributed by atoms with van der Waals surface area (Å²) in [6.45, 7) is 23.2. The van der Waals surface area contributed by atoms with E-state index in [2.05, 4.69) is 106 Å². The van der Waals surface area contributed by atoms with Gasteiger partial charge in [-0.05, 0) is 59.8 Å². The number of aromatic nitrogens is 2. The van der Waals surface area contributed by atoms with Crippen LogP contribution >= 0.6 is 23.2 Å². The van der Waals surface area contributed by atoms with E-state index in [1.807, 2.05) is 0 Å². The minimum Gasteiger partial charge on any atom is -0.254 e. The van der Waals surface area contributed by atoms with E-state index in [0.29, 0.717) is 23.7 Å². The lowest BCUT2D eigenvalue weighted by atomic mass is 9.61. The maximum atomic E-state index is 7.37. The lowest BCUT2D eigenvalue weighted by Crippen LogP contribution is -2.46. The van der Waals surface area contributed by atoms with Crippen molar-refractivity contribution in [3.05, 3.63) is 47.8 Å². The van der Waals surface area contributed by atoms with Crippen molar-refractivity contribution in [3.8, 4) is 11.4 Å². The number of alkyl halides is 2. The summed E-state index contributed by atoms with van der Waals surface area (Å²) in [6.07, 6.45) is 21.7. The van der Waals surface area contributed by atoms with Gasteiger partial charge in [-0.3, -0.25) is 9.97 Å². The van der Waals surface area contributed by atoms with Crippen LogP contribution in [-0.4, -0.2) is 20.7 Å². The van der Waals surface area contributed by atoms with Gasteiger partial charge in [0.2, 0.25) is 0 Å². The first-order valence-corrected chi connectivity index (χ1v) is 20.0. The topological polar surface area (TPSA) is 25.8 Å². The molecule has 0 saturated carbocycles. The Kier molecular flexibility index (Phi) is 18.2. The van der Waals surface area contributed by atoms with Crippen LogP contribution < -0.4 is 0 Å². The Balaban J connectivity index is 2.30. The summed E-state index contributed by atoms with van der Waals surface area (Å²) in [6, 6.07) is 8.87. The van der Waals surface area contributed by atoms with Crippen molar-refractivity contribution in [1.82, 2.24) is 9.97 Å². The summed E-state index contributed by atoms with van der Waals surface area (Å²) in [4.78, 5) is 10.0. The van der Waals surface area contributed by atoms with Gasteiger partial charge >= 0.3 is 0 Å². The average molecular weight is 674 g/mol. The average Bonchev–Trinajstić information content (AvgIpc) is 3.01. The fraction of sp³-hybridized carbons (Fsp3) is 0.762. The fourth-order valence-corrected chi connectivity index (χ4v) is 10.3. The van der Waals surface area contributed by atoms with Gasteiger partial charge in [0.05, 0.1) is 11.4 Å². The quantitative estimate of drug-likeness (QED) is 0.0867. The van der Waals surface area contributed by atoms with Crippen LogP contribution in [0.1, 0.15) is 170 Å². The highest BCUT2D eigenvalue weighted by Crippen LogP contribution is 2.48. The molecule has 2 unspecified atom stereocenters. The molecule has 0 bridgehead atoms. The van der Waals surface area contributed by atoms with E-state index in [-0.39, 0.29) is 21.6 Å². The number of nitrogens with zero attached hydrogens (tertiary/aromatic N) is 2. The largest absolute Gasteiger partial charge is 0.254 e. The van der Waals surface area contributed by atoms with E-state index in [1.54, 1.807) is 0 Å². The maximum Gasteiger partial charge on any atom is 0.0886 e. The van der Waals surface area contributed by atoms with Crippen molar-refractivity contribution in [3.63, 3.8) is 0 Å². The molecule has 0 aliphatic carbocycles. The Hall–Kier alpha value is -1.12. The molecule has 0 spiro atoms. The van der Waals surface area contributed by atoms with Gasteiger partial charge < -0.3 is 0 Å². The minimum absolute atomic E-state index is 0.0729. The first-order chi connectivity index (χ1) is 21.9. The zero-order valence-electron chi connectivity index (χ0n) is 31.5. The Labute approximate surface area is 295 Å². The van der Waals surface area contributed by atoms with Gasteiger partial charge in [0.1, 0.15) is 0 Å². The Morgan fingerprint density at radius 2 is 0.783 bits per heavy atom. The van der Waals surface area contributed by atoms with Crippen LogP contribution in [0.2, 0.25) is 0 Å². The van der Waals surface area contributed by atoms with Crippen molar-refractivity contribution in [2.24, 2.45) is 23.7 Å². The standard InChI is InChI=1S/C42H70Cl2N2/c1-11-13-15-17-19-21-23-39(43)41(31(3)4,32(5)6)35-25-27-37(45-29-35)38-28-26-36(30-46-38)42(33(7)8,34(9)10)40(44)24-22-20-18-16-14-12-2/h25-34,39-40H,11-24H2,1-10H3. The molecule has 46 heavy (non-hydrogen) atoms. The van der Waals surface area contributed by atoms with Gasteiger partial charge in [-0.25, -0.2) is 0 Å². The van der Waals surface area contributed by atoms with Crippen LogP contribution in [0, 0.1) is 23.7 Å². The summed E-state index contributed by atoms with van der Waals surface area (Å²) in [5.41, 5.74) is 4.06. The molecule has 4 heteroatoms. The van der Waals surface area contributed by atoms with Crippen LogP contribution in [0.5, 0.6) is 0 Å². The molecule has 2 atom stereocenters. The highest BCUT2D eigenvalue weighted by Gasteiger charge is 2.46. The van der Waals surface area contributed by atoms with Gasteiger partial charge in [0, 0.05) is 34.0 Å². The number of pyridine rings is 2. The van der Waals surface area contributed by atoms with Crippen molar-refractivity contribution in [2.45, 2.75) is 181 Å². The van der Waals surface area contributed by atoms with Gasteiger partial charge in [-0.1, -0.05) is 158 Å². The predicted octanol–water partition coefficient (Wildman–Crippen LogP) is 14.0. The summed E-state index contributed by atoms with van der Waals surface area (Å²) in [5.74, 6) is 1.61. The van der Waals surface area contributed by atoms with Crippen molar-refractivity contribution < 1.29 is 0 Å². The Morgan fingerprint density at radius 3 is 1.04 bits per heavy atom. The molecule has 0 amide bonds. The highest BCUT2D eigenvalue weighted by atomic mass is 35.5. The number of rotatable bonds is 23. The fourth-order valence-electron chi connectivity index (χ4n) is 8.76. The molecule has 0 aromatic carbocycles. The highest BCUT2D eigenvalue weighted by molar-refractivity contribution is 6.22. The Morgan fingerprint density at radius 1 is 0.478 bits per heavy atom. The lowest BCUT2D eigenvalue weighted by Gasteiger charge is -2.46. The molecule has 262 valence electrons. The summed E-state index contributed by atoms with van der Waals surface area (Å²) in [7, 11) is 0. The molecule has 0 fully saturated rings. The van der Waals surface area contributed by atoms with Crippen LogP contribution in [0.3, 0.4) is 0 Å². The minimum atomic E-state index is -0.132. The number of unbranched alkanes of at least 4 members (excludes halogenated alkanes) is 10.